The SMILES string of the molecule is CNS(=O)(=O)NCC(C)C(=N)N. The van der Waals surface area contributed by atoms with E-state index in [2.05, 4.69) is 9.44 Å². The van der Waals surface area contributed by atoms with Crippen molar-refractivity contribution in [3.8, 4) is 0 Å². The third kappa shape index (κ3) is 4.27. The minimum Gasteiger partial charge on any atom is -0.387 e. The average Bonchev–Trinajstić information content (AvgIpc) is 2.00. The molecule has 0 saturated carbocycles. The standard InChI is InChI=1S/C5H14N4O2S/c1-4(5(6)7)3-9-12(10,11)8-2/h4,8-9H,3H2,1-2H3,(H3,6,7). The number of hydrogen-bond acceptors (Lipinski definition) is 3. The summed E-state index contributed by atoms with van der Waals surface area (Å²) in [6, 6.07) is 0. The third-order valence-corrected chi connectivity index (χ3v) is 2.46. The second kappa shape index (κ2) is 4.39. The van der Waals surface area contributed by atoms with Crippen molar-refractivity contribution < 1.29 is 8.42 Å². The Morgan fingerprint density at radius 3 is 2.50 bits per heavy atom. The molecule has 0 aromatic carbocycles. The maximum atomic E-state index is 10.8. The fraction of sp³-hybridized carbons (Fsp3) is 0.800. The Bertz CT molecular complexity index is 248. The molecule has 0 amide bonds. The molecule has 1 unspecified atom stereocenters. The fourth-order valence-corrected chi connectivity index (χ4v) is 1.03. The Morgan fingerprint density at radius 2 is 2.17 bits per heavy atom. The molecule has 0 aliphatic heterocycles. The van der Waals surface area contributed by atoms with Crippen LogP contribution in [0.4, 0.5) is 0 Å². The van der Waals surface area contributed by atoms with Crippen molar-refractivity contribution in [2.75, 3.05) is 13.6 Å². The van der Waals surface area contributed by atoms with Crippen LogP contribution < -0.4 is 15.2 Å². The van der Waals surface area contributed by atoms with Crippen LogP contribution in [0.25, 0.3) is 0 Å². The quantitative estimate of drug-likeness (QED) is 0.319. The molecule has 0 heterocycles. The summed E-state index contributed by atoms with van der Waals surface area (Å²) in [5, 5.41) is 6.99. The van der Waals surface area contributed by atoms with Gasteiger partial charge in [0.25, 0.3) is 10.2 Å². The molecule has 0 spiro atoms. The van der Waals surface area contributed by atoms with Gasteiger partial charge in [0, 0.05) is 19.5 Å². The highest BCUT2D eigenvalue weighted by Gasteiger charge is 2.10. The van der Waals surface area contributed by atoms with Gasteiger partial charge in [0.2, 0.25) is 0 Å². The molecule has 72 valence electrons. The van der Waals surface area contributed by atoms with E-state index in [1.54, 1.807) is 6.92 Å². The summed E-state index contributed by atoms with van der Waals surface area (Å²) in [6.45, 7) is 1.80. The Morgan fingerprint density at radius 1 is 1.67 bits per heavy atom. The highest BCUT2D eigenvalue weighted by molar-refractivity contribution is 7.87. The largest absolute Gasteiger partial charge is 0.387 e. The van der Waals surface area contributed by atoms with Crippen LogP contribution in [0.2, 0.25) is 0 Å². The lowest BCUT2D eigenvalue weighted by molar-refractivity contribution is 0.566. The molecule has 1 atom stereocenters. The van der Waals surface area contributed by atoms with Crippen molar-refractivity contribution in [1.82, 2.24) is 9.44 Å². The van der Waals surface area contributed by atoms with Crippen molar-refractivity contribution in [3.05, 3.63) is 0 Å². The van der Waals surface area contributed by atoms with Gasteiger partial charge in [-0.3, -0.25) is 5.41 Å². The van der Waals surface area contributed by atoms with E-state index in [0.29, 0.717) is 0 Å². The summed E-state index contributed by atoms with van der Waals surface area (Å²) >= 11 is 0. The van der Waals surface area contributed by atoms with Gasteiger partial charge in [-0.25, -0.2) is 9.44 Å². The Labute approximate surface area is 72.2 Å². The van der Waals surface area contributed by atoms with E-state index in [-0.39, 0.29) is 18.3 Å². The highest BCUT2D eigenvalue weighted by atomic mass is 32.2. The Balaban J connectivity index is 3.92. The summed E-state index contributed by atoms with van der Waals surface area (Å²) in [4.78, 5) is 0. The smallest absolute Gasteiger partial charge is 0.276 e. The van der Waals surface area contributed by atoms with Gasteiger partial charge >= 0.3 is 0 Å². The number of amidine groups is 1. The van der Waals surface area contributed by atoms with Crippen LogP contribution in [0, 0.1) is 11.3 Å². The predicted octanol–water partition coefficient (Wildman–Crippen LogP) is -1.39. The van der Waals surface area contributed by atoms with Crippen LogP contribution in [0.5, 0.6) is 0 Å². The second-order valence-corrected chi connectivity index (χ2v) is 4.12. The second-order valence-electron chi connectivity index (χ2n) is 2.41. The lowest BCUT2D eigenvalue weighted by Gasteiger charge is -2.10. The molecule has 5 N–H and O–H groups in total. The molecule has 6 nitrogen and oxygen atoms in total. The zero-order valence-electron chi connectivity index (χ0n) is 7.09. The summed E-state index contributed by atoms with van der Waals surface area (Å²) in [5.74, 6) is -0.318. The van der Waals surface area contributed by atoms with Crippen molar-refractivity contribution in [3.63, 3.8) is 0 Å². The topological polar surface area (TPSA) is 108 Å². The van der Waals surface area contributed by atoms with Crippen LogP contribution in [0.1, 0.15) is 6.92 Å². The van der Waals surface area contributed by atoms with E-state index in [1.165, 1.54) is 7.05 Å². The first-order valence-electron chi connectivity index (χ1n) is 3.41. The third-order valence-electron chi connectivity index (χ3n) is 1.38. The van der Waals surface area contributed by atoms with Crippen LogP contribution in [-0.2, 0) is 10.2 Å². The zero-order valence-corrected chi connectivity index (χ0v) is 7.90. The number of rotatable bonds is 5. The van der Waals surface area contributed by atoms with Crippen LogP contribution in [0.15, 0.2) is 0 Å². The summed E-state index contributed by atoms with van der Waals surface area (Å²) in [7, 11) is -2.09. The average molecular weight is 194 g/mol. The lowest BCUT2D eigenvalue weighted by atomic mass is 10.2. The number of nitrogens with two attached hydrogens (primary N) is 1. The monoisotopic (exact) mass is 194 g/mol. The maximum absolute atomic E-state index is 10.8. The molecular formula is C5H14N4O2S. The van der Waals surface area contributed by atoms with Crippen molar-refractivity contribution in [1.29, 1.82) is 5.41 Å². The Hall–Kier alpha value is -0.660. The number of hydrogen-bond donors (Lipinski definition) is 4. The molecule has 0 rings (SSSR count). The molecule has 0 aliphatic carbocycles. The van der Waals surface area contributed by atoms with Gasteiger partial charge in [0.15, 0.2) is 0 Å². The normalized spacial score (nSPS) is 14.2. The lowest BCUT2D eigenvalue weighted by Crippen LogP contribution is -2.39. The van der Waals surface area contributed by atoms with Gasteiger partial charge in [0.1, 0.15) is 0 Å². The molecule has 0 aromatic rings. The fourth-order valence-electron chi connectivity index (χ4n) is 0.417. The summed E-state index contributed by atoms with van der Waals surface area (Å²) < 4.78 is 25.9. The number of nitrogens with one attached hydrogen (secondary N) is 3. The van der Waals surface area contributed by atoms with Gasteiger partial charge in [-0.2, -0.15) is 8.42 Å². The molecule has 7 heteroatoms. The van der Waals surface area contributed by atoms with Crippen LogP contribution >= 0.6 is 0 Å². The predicted molar refractivity (Wildman–Crippen MR) is 47.1 cm³/mol. The summed E-state index contributed by atoms with van der Waals surface area (Å²) in [5.41, 5.74) is 5.13. The van der Waals surface area contributed by atoms with E-state index in [9.17, 15) is 8.42 Å². The van der Waals surface area contributed by atoms with E-state index in [1.807, 2.05) is 0 Å². The minimum atomic E-state index is -3.40. The van der Waals surface area contributed by atoms with Crippen molar-refractivity contribution in [2.24, 2.45) is 11.7 Å². The molecule has 0 bridgehead atoms. The van der Waals surface area contributed by atoms with Gasteiger partial charge in [0.05, 0.1) is 5.84 Å². The Kier molecular flexibility index (Phi) is 4.15. The minimum absolute atomic E-state index is 0.0335. The molecule has 0 radical (unpaired) electrons. The molecule has 0 aliphatic rings. The van der Waals surface area contributed by atoms with Crippen LogP contribution in [0.3, 0.4) is 0 Å². The van der Waals surface area contributed by atoms with Gasteiger partial charge in [-0.1, -0.05) is 6.92 Å². The molecule has 0 aromatic heterocycles. The molecule has 12 heavy (non-hydrogen) atoms. The van der Waals surface area contributed by atoms with Crippen LogP contribution in [-0.4, -0.2) is 27.8 Å². The highest BCUT2D eigenvalue weighted by Crippen LogP contribution is 1.90. The van der Waals surface area contributed by atoms with E-state index in [4.69, 9.17) is 11.1 Å². The molecule has 0 fully saturated rings. The van der Waals surface area contributed by atoms with Gasteiger partial charge in [-0.05, 0) is 0 Å². The zero-order chi connectivity index (χ0) is 9.78. The first-order valence-corrected chi connectivity index (χ1v) is 4.89. The van der Waals surface area contributed by atoms with Gasteiger partial charge < -0.3 is 5.73 Å². The maximum Gasteiger partial charge on any atom is 0.276 e. The summed E-state index contributed by atoms with van der Waals surface area (Å²) in [6.07, 6.45) is 0. The molecule has 0 saturated heterocycles. The van der Waals surface area contributed by atoms with E-state index in [0.717, 1.165) is 0 Å². The van der Waals surface area contributed by atoms with Crippen molar-refractivity contribution in [2.45, 2.75) is 6.92 Å². The van der Waals surface area contributed by atoms with Crippen molar-refractivity contribution >= 4 is 16.0 Å². The first-order chi connectivity index (χ1) is 5.39. The first kappa shape index (κ1) is 11.3. The van der Waals surface area contributed by atoms with E-state index < -0.39 is 10.2 Å². The van der Waals surface area contributed by atoms with Gasteiger partial charge in [-0.15, -0.1) is 0 Å². The van der Waals surface area contributed by atoms with E-state index >= 15 is 0 Å². The molecular weight excluding hydrogens is 180 g/mol.